The van der Waals surface area contributed by atoms with Crippen LogP contribution in [0.15, 0.2) is 24.3 Å². The maximum Gasteiger partial charge on any atom is 0.573 e. The third-order valence-corrected chi connectivity index (χ3v) is 7.66. The predicted molar refractivity (Wildman–Crippen MR) is 107 cm³/mol. The molecule has 8 heteroatoms. The summed E-state index contributed by atoms with van der Waals surface area (Å²) < 4.78 is 40.8. The molecule has 4 bridgehead atoms. The Kier molecular flexibility index (Phi) is 4.94. The molecule has 0 spiro atoms. The highest BCUT2D eigenvalue weighted by atomic mass is 19.4. The molecule has 5 fully saturated rings. The number of carbonyl (C=O) groups is 2. The van der Waals surface area contributed by atoms with E-state index in [9.17, 15) is 22.8 Å². The van der Waals surface area contributed by atoms with Gasteiger partial charge in [-0.25, -0.2) is 0 Å². The molecule has 4 saturated carbocycles. The van der Waals surface area contributed by atoms with Crippen molar-refractivity contribution in [3.05, 3.63) is 24.3 Å². The number of nitrogens with one attached hydrogen (secondary N) is 1. The Morgan fingerprint density at radius 3 is 2.13 bits per heavy atom. The highest BCUT2D eigenvalue weighted by Gasteiger charge is 2.56. The maximum absolute atomic E-state index is 13.7. The van der Waals surface area contributed by atoms with E-state index in [1.807, 2.05) is 0 Å². The van der Waals surface area contributed by atoms with Crippen LogP contribution in [-0.4, -0.2) is 35.7 Å². The standard InChI is InChI=1S/C23H27F3N2O3/c24-23(25,26)31-18-5-3-17(4-6-18)27-20(29)19-2-1-7-28(19)21(30)22-11-14-8-15(12-22)10-16(9-14)13-22/h3-6,14-16,19H,1-2,7-13H2,(H,27,29)/t14?,15?,16?,19-,22?/m0/s1. The van der Waals surface area contributed by atoms with Crippen molar-refractivity contribution in [2.45, 2.75) is 63.8 Å². The highest BCUT2D eigenvalue weighted by molar-refractivity contribution is 5.98. The number of hydrogen-bond acceptors (Lipinski definition) is 3. The van der Waals surface area contributed by atoms with Crippen molar-refractivity contribution in [2.24, 2.45) is 23.2 Å². The zero-order valence-corrected chi connectivity index (χ0v) is 17.3. The summed E-state index contributed by atoms with van der Waals surface area (Å²) in [4.78, 5) is 28.4. The smallest absolute Gasteiger partial charge is 0.406 e. The lowest BCUT2D eigenvalue weighted by molar-refractivity contribution is -0.274. The van der Waals surface area contributed by atoms with Crippen molar-refractivity contribution in [1.82, 2.24) is 4.90 Å². The molecule has 168 valence electrons. The molecule has 0 aromatic heterocycles. The Balaban J connectivity index is 1.26. The van der Waals surface area contributed by atoms with Crippen LogP contribution in [0.5, 0.6) is 5.75 Å². The molecule has 1 aromatic carbocycles. The topological polar surface area (TPSA) is 58.6 Å². The first-order chi connectivity index (χ1) is 14.7. The van der Waals surface area contributed by atoms with Gasteiger partial charge in [0.25, 0.3) is 0 Å². The molecule has 1 aliphatic heterocycles. The summed E-state index contributed by atoms with van der Waals surface area (Å²) in [5.74, 6) is 1.50. The summed E-state index contributed by atoms with van der Waals surface area (Å²) in [6, 6.07) is 4.55. The largest absolute Gasteiger partial charge is 0.573 e. The first-order valence-corrected chi connectivity index (χ1v) is 11.2. The van der Waals surface area contributed by atoms with Crippen LogP contribution in [0.3, 0.4) is 0 Å². The fourth-order valence-electron chi connectivity index (χ4n) is 6.93. The van der Waals surface area contributed by atoms with Crippen molar-refractivity contribution in [1.29, 1.82) is 0 Å². The average molecular weight is 436 g/mol. The normalized spacial score (nSPS) is 34.1. The Morgan fingerprint density at radius 2 is 1.58 bits per heavy atom. The average Bonchev–Trinajstić information content (AvgIpc) is 3.16. The van der Waals surface area contributed by atoms with Crippen LogP contribution >= 0.6 is 0 Å². The van der Waals surface area contributed by atoms with Crippen molar-refractivity contribution < 1.29 is 27.5 Å². The number of anilines is 1. The molecule has 5 aliphatic rings. The third kappa shape index (κ3) is 4.01. The Bertz CT molecular complexity index is 833. The fraction of sp³-hybridized carbons (Fsp3) is 0.652. The quantitative estimate of drug-likeness (QED) is 0.742. The van der Waals surface area contributed by atoms with Gasteiger partial charge in [0.05, 0.1) is 5.41 Å². The van der Waals surface area contributed by atoms with E-state index < -0.39 is 12.4 Å². The van der Waals surface area contributed by atoms with E-state index in [2.05, 4.69) is 10.1 Å². The van der Waals surface area contributed by atoms with Gasteiger partial charge in [0.1, 0.15) is 11.8 Å². The summed E-state index contributed by atoms with van der Waals surface area (Å²) in [6.07, 6.45) is 3.29. The zero-order valence-electron chi connectivity index (χ0n) is 17.3. The number of benzene rings is 1. The molecular weight excluding hydrogens is 409 g/mol. The predicted octanol–water partition coefficient (Wildman–Crippen LogP) is 4.73. The zero-order chi connectivity index (χ0) is 21.8. The van der Waals surface area contributed by atoms with E-state index in [0.29, 0.717) is 36.4 Å². The molecule has 6 rings (SSSR count). The van der Waals surface area contributed by atoms with Crippen LogP contribution in [0.2, 0.25) is 0 Å². The van der Waals surface area contributed by atoms with Crippen LogP contribution in [0.1, 0.15) is 51.4 Å². The lowest BCUT2D eigenvalue weighted by Crippen LogP contribution is -2.56. The first kappa shape index (κ1) is 20.6. The van der Waals surface area contributed by atoms with E-state index in [1.165, 1.54) is 31.4 Å². The number of rotatable bonds is 4. The van der Waals surface area contributed by atoms with Crippen molar-refractivity contribution in [2.75, 3.05) is 11.9 Å². The Hall–Kier alpha value is -2.25. The Labute approximate surface area is 179 Å². The van der Waals surface area contributed by atoms with E-state index in [-0.39, 0.29) is 23.0 Å². The van der Waals surface area contributed by atoms with E-state index in [0.717, 1.165) is 37.8 Å². The summed E-state index contributed by atoms with van der Waals surface area (Å²) in [5.41, 5.74) is 0.0995. The van der Waals surface area contributed by atoms with E-state index >= 15 is 0 Å². The van der Waals surface area contributed by atoms with Crippen LogP contribution < -0.4 is 10.1 Å². The maximum atomic E-state index is 13.7. The van der Waals surface area contributed by atoms with Crippen molar-refractivity contribution in [3.63, 3.8) is 0 Å². The molecule has 1 heterocycles. The first-order valence-electron chi connectivity index (χ1n) is 11.2. The van der Waals surface area contributed by atoms with Gasteiger partial charge in [-0.3, -0.25) is 9.59 Å². The molecule has 31 heavy (non-hydrogen) atoms. The molecule has 1 aromatic rings. The molecular formula is C23H27F3N2O3. The van der Waals surface area contributed by atoms with Crippen LogP contribution in [0.25, 0.3) is 0 Å². The SMILES string of the molecule is O=C(Nc1ccc(OC(F)(F)F)cc1)[C@@H]1CCCN1C(=O)C12CC3CC(CC(C3)C1)C2. The Morgan fingerprint density at radius 1 is 1.00 bits per heavy atom. The van der Waals surface area contributed by atoms with Gasteiger partial charge in [0, 0.05) is 12.2 Å². The second-order valence-electron chi connectivity index (χ2n) is 9.92. The van der Waals surface area contributed by atoms with Gasteiger partial charge >= 0.3 is 6.36 Å². The number of halogens is 3. The second kappa shape index (κ2) is 7.41. The monoisotopic (exact) mass is 436 g/mol. The molecule has 1 N–H and O–H groups in total. The fourth-order valence-corrected chi connectivity index (χ4v) is 6.93. The van der Waals surface area contributed by atoms with Gasteiger partial charge in [-0.2, -0.15) is 0 Å². The number of hydrogen-bond donors (Lipinski definition) is 1. The number of amides is 2. The van der Waals surface area contributed by atoms with Gasteiger partial charge in [-0.15, -0.1) is 13.2 Å². The summed E-state index contributed by atoms with van der Waals surface area (Å²) in [7, 11) is 0. The lowest BCUT2D eigenvalue weighted by atomic mass is 9.49. The minimum absolute atomic E-state index is 0.151. The second-order valence-corrected chi connectivity index (χ2v) is 9.92. The number of carbonyl (C=O) groups excluding carboxylic acids is 2. The van der Waals surface area contributed by atoms with Crippen molar-refractivity contribution >= 4 is 17.5 Å². The molecule has 0 unspecified atom stereocenters. The summed E-state index contributed by atoms with van der Waals surface area (Å²) in [6.45, 7) is 0.594. The van der Waals surface area contributed by atoms with Crippen LogP contribution in [0, 0.1) is 23.2 Å². The van der Waals surface area contributed by atoms with E-state index in [1.54, 1.807) is 4.90 Å². The number of likely N-dealkylation sites (tertiary alicyclic amines) is 1. The van der Waals surface area contributed by atoms with Crippen LogP contribution in [0.4, 0.5) is 18.9 Å². The highest BCUT2D eigenvalue weighted by Crippen LogP contribution is 2.60. The summed E-state index contributed by atoms with van der Waals surface area (Å²) >= 11 is 0. The molecule has 5 nitrogen and oxygen atoms in total. The van der Waals surface area contributed by atoms with Crippen LogP contribution in [-0.2, 0) is 9.59 Å². The molecule has 2 amide bonds. The van der Waals surface area contributed by atoms with Gasteiger partial charge in [-0.1, -0.05) is 0 Å². The lowest BCUT2D eigenvalue weighted by Gasteiger charge is -2.56. The number of ether oxygens (including phenoxy) is 1. The van der Waals surface area contributed by atoms with E-state index in [4.69, 9.17) is 0 Å². The molecule has 1 atom stereocenters. The number of alkyl halides is 3. The minimum atomic E-state index is -4.76. The molecule has 1 saturated heterocycles. The third-order valence-electron chi connectivity index (χ3n) is 7.66. The summed E-state index contributed by atoms with van der Waals surface area (Å²) in [5, 5.41) is 2.76. The minimum Gasteiger partial charge on any atom is -0.406 e. The van der Waals surface area contributed by atoms with Gasteiger partial charge in [0.15, 0.2) is 0 Å². The van der Waals surface area contributed by atoms with Crippen molar-refractivity contribution in [3.8, 4) is 5.75 Å². The van der Waals surface area contributed by atoms with Gasteiger partial charge in [-0.05, 0) is 93.4 Å². The number of nitrogens with zero attached hydrogens (tertiary/aromatic N) is 1. The van der Waals surface area contributed by atoms with Gasteiger partial charge < -0.3 is 15.0 Å². The molecule has 0 radical (unpaired) electrons. The van der Waals surface area contributed by atoms with Gasteiger partial charge in [0.2, 0.25) is 11.8 Å². The molecule has 4 aliphatic carbocycles.